The summed E-state index contributed by atoms with van der Waals surface area (Å²) in [6.07, 6.45) is 5.35. The number of carbonyl (C=O) groups excluding carboxylic acids is 1. The summed E-state index contributed by atoms with van der Waals surface area (Å²) < 4.78 is 7.10. The fourth-order valence-corrected chi connectivity index (χ4v) is 4.73. The number of esters is 1. The second-order valence-electron chi connectivity index (χ2n) is 7.42. The zero-order valence-corrected chi connectivity index (χ0v) is 18.8. The predicted octanol–water partition coefficient (Wildman–Crippen LogP) is 7.47. The van der Waals surface area contributed by atoms with E-state index < -0.39 is 5.97 Å². The molecule has 4 rings (SSSR count). The third-order valence-corrected chi connectivity index (χ3v) is 6.32. The zero-order chi connectivity index (χ0) is 21.3. The van der Waals surface area contributed by atoms with Gasteiger partial charge in [0.05, 0.1) is 23.5 Å². The highest BCUT2D eigenvalue weighted by Gasteiger charge is 2.30. The van der Waals surface area contributed by atoms with Gasteiger partial charge in [0.15, 0.2) is 0 Å². The van der Waals surface area contributed by atoms with E-state index in [0.29, 0.717) is 20.8 Å². The van der Waals surface area contributed by atoms with Crippen molar-refractivity contribution in [2.24, 2.45) is 0 Å². The second kappa shape index (κ2) is 9.01. The van der Waals surface area contributed by atoms with Crippen molar-refractivity contribution in [2.45, 2.75) is 38.1 Å². The number of halogens is 3. The van der Waals surface area contributed by atoms with Crippen LogP contribution in [0.3, 0.4) is 0 Å². The van der Waals surface area contributed by atoms with Crippen molar-refractivity contribution in [3.8, 4) is 22.5 Å². The molecule has 0 spiro atoms. The number of imidazole rings is 1. The SMILES string of the molecule is COC(=O)c1nc(-c2ccc(Cl)cc2)c(-c2ccc(Cl)cc2Cl)n1C1CCCCC1. The molecule has 0 unspecified atom stereocenters. The molecule has 0 bridgehead atoms. The lowest BCUT2D eigenvalue weighted by Gasteiger charge is -2.26. The van der Waals surface area contributed by atoms with E-state index in [1.807, 2.05) is 34.9 Å². The summed E-state index contributed by atoms with van der Waals surface area (Å²) in [7, 11) is 1.37. The molecule has 156 valence electrons. The van der Waals surface area contributed by atoms with E-state index >= 15 is 0 Å². The smallest absolute Gasteiger partial charge is 0.374 e. The largest absolute Gasteiger partial charge is 0.463 e. The van der Waals surface area contributed by atoms with E-state index in [1.54, 1.807) is 12.1 Å². The van der Waals surface area contributed by atoms with Gasteiger partial charge in [-0.3, -0.25) is 0 Å². The molecule has 30 heavy (non-hydrogen) atoms. The summed E-state index contributed by atoms with van der Waals surface area (Å²) in [6.45, 7) is 0. The van der Waals surface area contributed by atoms with Gasteiger partial charge < -0.3 is 9.30 Å². The molecule has 0 saturated heterocycles. The number of nitrogens with zero attached hydrogens (tertiary/aromatic N) is 2. The fourth-order valence-electron chi connectivity index (χ4n) is 4.11. The first-order valence-corrected chi connectivity index (χ1v) is 11.0. The molecule has 1 heterocycles. The Bertz CT molecular complexity index is 1070. The highest BCUT2D eigenvalue weighted by atomic mass is 35.5. The molecule has 3 aromatic rings. The summed E-state index contributed by atoms with van der Waals surface area (Å²) in [4.78, 5) is 17.5. The van der Waals surface area contributed by atoms with Crippen LogP contribution in [0.15, 0.2) is 42.5 Å². The molecule has 7 heteroatoms. The first-order chi connectivity index (χ1) is 14.5. The molecule has 0 radical (unpaired) electrons. The fraction of sp³-hybridized carbons (Fsp3) is 0.304. The standard InChI is InChI=1S/C23H21Cl3N2O2/c1-30-23(29)22-27-20(14-7-9-15(24)10-8-14)21(18-12-11-16(25)13-19(18)26)28(22)17-5-3-2-4-6-17/h7-13,17H,2-6H2,1H3. The molecule has 0 N–H and O–H groups in total. The third kappa shape index (κ3) is 4.09. The first kappa shape index (κ1) is 21.2. The van der Waals surface area contributed by atoms with Crippen LogP contribution in [0, 0.1) is 0 Å². The van der Waals surface area contributed by atoms with Crippen LogP contribution in [0.5, 0.6) is 0 Å². The van der Waals surface area contributed by atoms with E-state index in [-0.39, 0.29) is 11.9 Å². The van der Waals surface area contributed by atoms with Crippen molar-refractivity contribution >= 4 is 40.8 Å². The molecule has 1 aromatic heterocycles. The topological polar surface area (TPSA) is 44.1 Å². The van der Waals surface area contributed by atoms with E-state index in [9.17, 15) is 4.79 Å². The Morgan fingerprint density at radius 1 is 1.00 bits per heavy atom. The van der Waals surface area contributed by atoms with E-state index in [1.165, 1.54) is 13.5 Å². The molecule has 2 aromatic carbocycles. The molecule has 1 fully saturated rings. The maximum absolute atomic E-state index is 12.7. The van der Waals surface area contributed by atoms with Gasteiger partial charge in [-0.15, -0.1) is 0 Å². The van der Waals surface area contributed by atoms with Crippen LogP contribution >= 0.6 is 34.8 Å². The van der Waals surface area contributed by atoms with Crippen LogP contribution in [-0.2, 0) is 4.74 Å². The number of methoxy groups -OCH3 is 1. The van der Waals surface area contributed by atoms with Crippen LogP contribution in [-0.4, -0.2) is 22.6 Å². The second-order valence-corrected chi connectivity index (χ2v) is 8.70. The number of ether oxygens (including phenoxy) is 1. The number of rotatable bonds is 4. The summed E-state index contributed by atoms with van der Waals surface area (Å²) in [5.74, 6) is -0.178. The van der Waals surface area contributed by atoms with Gasteiger partial charge in [-0.1, -0.05) is 66.2 Å². The van der Waals surface area contributed by atoms with Gasteiger partial charge in [0, 0.05) is 27.2 Å². The number of hydrogen-bond donors (Lipinski definition) is 0. The maximum atomic E-state index is 12.7. The summed E-state index contributed by atoms with van der Waals surface area (Å²) in [5, 5.41) is 1.68. The minimum Gasteiger partial charge on any atom is -0.463 e. The van der Waals surface area contributed by atoms with E-state index in [0.717, 1.165) is 42.5 Å². The van der Waals surface area contributed by atoms with Crippen molar-refractivity contribution in [1.29, 1.82) is 0 Å². The van der Waals surface area contributed by atoms with Gasteiger partial charge in [-0.05, 0) is 43.2 Å². The molecule has 0 atom stereocenters. The quantitative estimate of drug-likeness (QED) is 0.377. The Labute approximate surface area is 190 Å². The van der Waals surface area contributed by atoms with Gasteiger partial charge in [-0.2, -0.15) is 0 Å². The van der Waals surface area contributed by atoms with Gasteiger partial charge in [0.1, 0.15) is 0 Å². The molecule has 4 nitrogen and oxygen atoms in total. The third-order valence-electron chi connectivity index (χ3n) is 5.52. The average Bonchev–Trinajstić information content (AvgIpc) is 3.14. The molecule has 1 aliphatic rings. The first-order valence-electron chi connectivity index (χ1n) is 9.91. The predicted molar refractivity (Wildman–Crippen MR) is 122 cm³/mol. The van der Waals surface area contributed by atoms with Crippen molar-refractivity contribution in [3.63, 3.8) is 0 Å². The Hall–Kier alpha value is -2.01. The number of benzene rings is 2. The van der Waals surface area contributed by atoms with Gasteiger partial charge in [0.25, 0.3) is 0 Å². The highest BCUT2D eigenvalue weighted by molar-refractivity contribution is 6.36. The minimum atomic E-state index is -0.466. The maximum Gasteiger partial charge on any atom is 0.374 e. The van der Waals surface area contributed by atoms with Crippen molar-refractivity contribution in [1.82, 2.24) is 9.55 Å². The van der Waals surface area contributed by atoms with Crippen LogP contribution in [0.2, 0.25) is 15.1 Å². The Morgan fingerprint density at radius 2 is 1.67 bits per heavy atom. The number of carbonyl (C=O) groups is 1. The number of hydrogen-bond acceptors (Lipinski definition) is 3. The van der Waals surface area contributed by atoms with E-state index in [2.05, 4.69) is 0 Å². The lowest BCUT2D eigenvalue weighted by Crippen LogP contribution is -2.20. The van der Waals surface area contributed by atoms with Gasteiger partial charge in [0.2, 0.25) is 5.82 Å². The molecular formula is C23H21Cl3N2O2. The molecular weight excluding hydrogens is 443 g/mol. The summed E-state index contributed by atoms with van der Waals surface area (Å²) >= 11 is 18.9. The van der Waals surface area contributed by atoms with Gasteiger partial charge >= 0.3 is 5.97 Å². The normalized spacial score (nSPS) is 14.7. The van der Waals surface area contributed by atoms with E-state index in [4.69, 9.17) is 44.5 Å². The van der Waals surface area contributed by atoms with Crippen LogP contribution in [0.4, 0.5) is 0 Å². The van der Waals surface area contributed by atoms with Crippen molar-refractivity contribution in [2.75, 3.05) is 7.11 Å². The van der Waals surface area contributed by atoms with Crippen LogP contribution < -0.4 is 0 Å². The average molecular weight is 464 g/mol. The van der Waals surface area contributed by atoms with Crippen molar-refractivity contribution in [3.05, 3.63) is 63.4 Å². The van der Waals surface area contributed by atoms with Crippen LogP contribution in [0.1, 0.15) is 48.8 Å². The van der Waals surface area contributed by atoms with Crippen LogP contribution in [0.25, 0.3) is 22.5 Å². The number of aromatic nitrogens is 2. The Balaban J connectivity index is 2.02. The molecule has 0 aliphatic heterocycles. The summed E-state index contributed by atoms with van der Waals surface area (Å²) in [6, 6.07) is 12.9. The molecule has 1 aliphatic carbocycles. The monoisotopic (exact) mass is 462 g/mol. The highest BCUT2D eigenvalue weighted by Crippen LogP contribution is 2.42. The zero-order valence-electron chi connectivity index (χ0n) is 16.5. The Kier molecular flexibility index (Phi) is 6.37. The lowest BCUT2D eigenvalue weighted by atomic mass is 9.94. The molecule has 0 amide bonds. The molecule has 1 saturated carbocycles. The Morgan fingerprint density at radius 3 is 2.30 bits per heavy atom. The minimum absolute atomic E-state index is 0.142. The van der Waals surface area contributed by atoms with Gasteiger partial charge in [-0.25, -0.2) is 9.78 Å². The summed E-state index contributed by atoms with van der Waals surface area (Å²) in [5.41, 5.74) is 3.09. The van der Waals surface area contributed by atoms with Crippen molar-refractivity contribution < 1.29 is 9.53 Å². The lowest BCUT2D eigenvalue weighted by molar-refractivity contribution is 0.0577.